The van der Waals surface area contributed by atoms with Crippen molar-refractivity contribution in [2.75, 3.05) is 19.6 Å². The van der Waals surface area contributed by atoms with Crippen molar-refractivity contribution < 1.29 is 8.83 Å². The molecular formula is C122H102B2N6O2. The molecular weight excluding hydrogens is 1600 g/mol. The first kappa shape index (κ1) is 78.6. The minimum absolute atomic E-state index is 0.0775. The molecule has 0 spiro atoms. The SMILES string of the molecule is Cc1ccccc1N(c1ccc2c(c1)N(c1cccc3c1oc1ccc(-c4ccc(N(c5ccc6c(c5)N(c5cccc7c5oc5cc(C(C)(C)C)ccc57)c5cc(C(C)(C)C)cc7c5B6c5cccc6c8c(n-7c56)C(C)(C)c5ccccc5-8)c5ccccc5C)c(C)c4)cc13)c1cc(C(C)(C)C)cc3c1B2c1cccc2c4c(n-3c12)C(C)(C)c1ccccc1-4)c1ccccc1C. The summed E-state index contributed by atoms with van der Waals surface area (Å²) >= 11 is 0. The number of furan rings is 2. The fourth-order valence-corrected chi connectivity index (χ4v) is 24.5. The maximum atomic E-state index is 7.57. The highest BCUT2D eigenvalue weighted by molar-refractivity contribution is 7.01. The fourth-order valence-electron chi connectivity index (χ4n) is 24.5. The molecule has 4 aliphatic heterocycles. The van der Waals surface area contributed by atoms with Crippen molar-refractivity contribution in [3.05, 3.63) is 371 Å². The Morgan fingerprint density at radius 2 is 0.697 bits per heavy atom. The van der Waals surface area contributed by atoms with Crippen molar-refractivity contribution in [2.45, 2.75) is 145 Å². The molecule has 0 bridgehead atoms. The monoisotopic (exact) mass is 1700 g/mol. The number of aryl methyl sites for hydroxylation is 4. The summed E-state index contributed by atoms with van der Waals surface area (Å²) in [6.45, 7) is 39.7. The van der Waals surface area contributed by atoms with Gasteiger partial charge in [0, 0.05) is 145 Å². The van der Waals surface area contributed by atoms with Gasteiger partial charge in [-0.3, -0.25) is 0 Å². The Hall–Kier alpha value is -14.5. The molecule has 10 heteroatoms. The molecule has 638 valence electrons. The number of benzene rings is 16. The molecule has 20 aromatic rings. The zero-order valence-corrected chi connectivity index (χ0v) is 78.1. The van der Waals surface area contributed by atoms with Gasteiger partial charge in [0.25, 0.3) is 13.4 Å². The summed E-state index contributed by atoms with van der Waals surface area (Å²) in [6, 6.07) is 119. The van der Waals surface area contributed by atoms with Crippen molar-refractivity contribution in [2.24, 2.45) is 0 Å². The second kappa shape index (κ2) is 27.1. The maximum absolute atomic E-state index is 7.57. The molecule has 8 heterocycles. The van der Waals surface area contributed by atoms with E-state index in [-0.39, 0.29) is 40.5 Å². The van der Waals surface area contributed by atoms with Gasteiger partial charge >= 0.3 is 0 Å². The van der Waals surface area contributed by atoms with Gasteiger partial charge in [-0.2, -0.15) is 0 Å². The quantitative estimate of drug-likeness (QED) is 0.134. The van der Waals surface area contributed by atoms with Crippen LogP contribution in [0.5, 0.6) is 0 Å². The van der Waals surface area contributed by atoms with E-state index in [1.807, 2.05) is 0 Å². The lowest BCUT2D eigenvalue weighted by Crippen LogP contribution is -2.60. The van der Waals surface area contributed by atoms with Crippen molar-refractivity contribution >= 4 is 180 Å². The lowest BCUT2D eigenvalue weighted by atomic mass is 9.33. The normalized spacial score (nSPS) is 14.5. The molecule has 16 aromatic carbocycles. The third-order valence-corrected chi connectivity index (χ3v) is 30.9. The van der Waals surface area contributed by atoms with Gasteiger partial charge in [0.1, 0.15) is 11.2 Å². The van der Waals surface area contributed by atoms with E-state index in [1.165, 1.54) is 144 Å². The first-order chi connectivity index (χ1) is 63.6. The smallest absolute Gasteiger partial charge is 0.252 e. The Morgan fingerprint density at radius 3 is 1.17 bits per heavy atom. The van der Waals surface area contributed by atoms with Crippen LogP contribution in [0.4, 0.5) is 68.2 Å². The summed E-state index contributed by atoms with van der Waals surface area (Å²) in [4.78, 5) is 10.2. The summed E-state index contributed by atoms with van der Waals surface area (Å²) < 4.78 is 20.4. The van der Waals surface area contributed by atoms with Crippen molar-refractivity contribution in [1.29, 1.82) is 0 Å². The number of nitrogens with zero attached hydrogens (tertiary/aromatic N) is 6. The molecule has 4 aromatic heterocycles. The molecule has 26 rings (SSSR count). The molecule has 0 fully saturated rings. The Labute approximate surface area is 772 Å². The van der Waals surface area contributed by atoms with Crippen LogP contribution >= 0.6 is 0 Å². The first-order valence-electron chi connectivity index (χ1n) is 47.2. The molecule has 0 saturated heterocycles. The standard InChI is InChI=1S/C122H102B2N6O2/c1-69-32-18-25-45-94(69)125(95-46-26-19-33-70(95)2)78-53-56-90-100(67-78)128(103-63-77(120(11,12)13)65-105-111(103)123(90)92-43-28-39-85-109-84-36-22-24-42-89(84)122(16,17)117(109)130(105)112(85)92)99-49-31-38-82-87-61-74(51-59-106(87)131-115(82)99)73-50-58-97(72(4)60-73)126(96-47-27-20-34-71(96)3)79-54-57-91-101(68-79)127(98-48-30-37-81-80-55-52-75(118(5,6)7)66-107(80)132-114(81)98)102-62-76(119(8,9)10)64-104-110(102)124(91)93-44-29-40-86-108-83-35-21-23-41-88(83)121(14,15)116(108)129(104)113(86)93/h18-68H,1-17H3. The third-order valence-electron chi connectivity index (χ3n) is 30.9. The topological polar surface area (TPSA) is 49.1 Å². The lowest BCUT2D eigenvalue weighted by molar-refractivity contribution is 0.587. The molecule has 6 aliphatic rings. The van der Waals surface area contributed by atoms with E-state index in [1.54, 1.807) is 0 Å². The van der Waals surface area contributed by atoms with Crippen LogP contribution in [0.3, 0.4) is 0 Å². The molecule has 2 aliphatic carbocycles. The number of rotatable bonds is 9. The zero-order chi connectivity index (χ0) is 89.9. The van der Waals surface area contributed by atoms with Crippen LogP contribution in [-0.2, 0) is 27.1 Å². The number of fused-ring (bicyclic) bond motifs is 24. The van der Waals surface area contributed by atoms with Gasteiger partial charge in [-0.25, -0.2) is 0 Å². The molecule has 0 unspecified atom stereocenters. The summed E-state index contributed by atoms with van der Waals surface area (Å²) in [5.41, 5.74) is 49.8. The van der Waals surface area contributed by atoms with Crippen LogP contribution in [0.1, 0.15) is 151 Å². The number of hydrogen-bond acceptors (Lipinski definition) is 6. The second-order valence-electron chi connectivity index (χ2n) is 42.5. The maximum Gasteiger partial charge on any atom is 0.252 e. The second-order valence-corrected chi connectivity index (χ2v) is 42.5. The summed E-state index contributed by atoms with van der Waals surface area (Å²) in [7, 11) is 0. The van der Waals surface area contributed by atoms with E-state index in [0.717, 1.165) is 129 Å². The van der Waals surface area contributed by atoms with Crippen LogP contribution in [0.2, 0.25) is 0 Å². The number of hydrogen-bond donors (Lipinski definition) is 0. The molecule has 8 nitrogen and oxygen atoms in total. The van der Waals surface area contributed by atoms with Gasteiger partial charge in [-0.05, 0) is 258 Å². The van der Waals surface area contributed by atoms with Gasteiger partial charge in [-0.15, -0.1) is 0 Å². The molecule has 132 heavy (non-hydrogen) atoms. The van der Waals surface area contributed by atoms with Crippen molar-refractivity contribution in [3.63, 3.8) is 0 Å². The molecule has 0 saturated carbocycles. The van der Waals surface area contributed by atoms with Gasteiger partial charge < -0.3 is 37.6 Å². The summed E-state index contributed by atoms with van der Waals surface area (Å²) in [6.07, 6.45) is 0. The molecule has 0 atom stereocenters. The van der Waals surface area contributed by atoms with Crippen molar-refractivity contribution in [1.82, 2.24) is 9.13 Å². The zero-order valence-electron chi connectivity index (χ0n) is 78.1. The van der Waals surface area contributed by atoms with E-state index in [9.17, 15) is 0 Å². The Bertz CT molecular complexity index is 8480. The van der Waals surface area contributed by atoms with E-state index >= 15 is 0 Å². The van der Waals surface area contributed by atoms with E-state index in [0.29, 0.717) is 0 Å². The van der Waals surface area contributed by atoms with Gasteiger partial charge in [0.05, 0.1) is 11.4 Å². The van der Waals surface area contributed by atoms with Crippen LogP contribution in [0.15, 0.2) is 318 Å². The predicted molar refractivity (Wildman–Crippen MR) is 558 cm³/mol. The average molecular weight is 1710 g/mol. The van der Waals surface area contributed by atoms with Crippen LogP contribution < -0.4 is 52.4 Å². The van der Waals surface area contributed by atoms with E-state index in [4.69, 9.17) is 8.83 Å². The van der Waals surface area contributed by atoms with Crippen molar-refractivity contribution in [3.8, 4) is 44.8 Å². The van der Waals surface area contributed by atoms with E-state index < -0.39 is 0 Å². The Kier molecular flexibility index (Phi) is 16.1. The number of aromatic nitrogens is 2. The fraction of sp³-hybridized carbons (Fsp3) is 0.180. The minimum atomic E-state index is -0.290. The number of para-hydroxylation sites is 7. The van der Waals surface area contributed by atoms with Crippen LogP contribution in [-0.4, -0.2) is 22.6 Å². The largest absolute Gasteiger partial charge is 0.454 e. The average Bonchev–Trinajstić information content (AvgIpc) is 1.46. The number of anilines is 12. The molecule has 0 amide bonds. The highest BCUT2D eigenvalue weighted by Crippen LogP contribution is 2.60. The Balaban J connectivity index is 0.651. The van der Waals surface area contributed by atoms with Gasteiger partial charge in [-0.1, -0.05) is 290 Å². The highest BCUT2D eigenvalue weighted by Gasteiger charge is 2.52. The summed E-state index contributed by atoms with van der Waals surface area (Å²) in [5, 5.41) is 6.93. The first-order valence-corrected chi connectivity index (χ1v) is 47.2. The van der Waals surface area contributed by atoms with Crippen LogP contribution in [0.25, 0.3) is 110 Å². The molecule has 0 N–H and O–H groups in total. The highest BCUT2D eigenvalue weighted by atomic mass is 16.3. The third kappa shape index (κ3) is 10.7. The lowest BCUT2D eigenvalue weighted by Gasteiger charge is -2.42. The van der Waals surface area contributed by atoms with Crippen LogP contribution in [0, 0.1) is 27.7 Å². The minimum Gasteiger partial charge on any atom is -0.454 e. The van der Waals surface area contributed by atoms with E-state index in [2.05, 4.69) is 456 Å². The van der Waals surface area contributed by atoms with Gasteiger partial charge in [0.15, 0.2) is 11.2 Å². The molecule has 0 radical (unpaired) electrons. The predicted octanol–water partition coefficient (Wildman–Crippen LogP) is 28.9. The van der Waals surface area contributed by atoms with Gasteiger partial charge in [0.2, 0.25) is 0 Å². The summed E-state index contributed by atoms with van der Waals surface area (Å²) in [5.74, 6) is 0. The Morgan fingerprint density at radius 1 is 0.288 bits per heavy atom.